The Morgan fingerprint density at radius 2 is 1.55 bits per heavy atom. The molecule has 1 atom stereocenters. The van der Waals surface area contributed by atoms with Gasteiger partial charge in [-0.25, -0.2) is 0 Å². The molecule has 2 heteroatoms. The van der Waals surface area contributed by atoms with E-state index < -0.39 is 5.60 Å². The molecule has 20 heavy (non-hydrogen) atoms. The van der Waals surface area contributed by atoms with Crippen molar-refractivity contribution in [3.8, 4) is 0 Å². The van der Waals surface area contributed by atoms with Gasteiger partial charge in [-0.1, -0.05) is 60.7 Å². The summed E-state index contributed by atoms with van der Waals surface area (Å²) in [6.07, 6.45) is 2.60. The average molecular weight is 270 g/mol. The first-order chi connectivity index (χ1) is 9.74. The minimum absolute atomic E-state index is 0.325. The summed E-state index contributed by atoms with van der Waals surface area (Å²) in [7, 11) is 1.63. The number of aryl methyl sites for hydroxylation is 1. The molecule has 0 heterocycles. The van der Waals surface area contributed by atoms with Crippen LogP contribution in [-0.2, 0) is 16.8 Å². The second kappa shape index (κ2) is 7.22. The van der Waals surface area contributed by atoms with Crippen LogP contribution < -0.4 is 0 Å². The molecule has 0 bridgehead atoms. The van der Waals surface area contributed by atoms with Crippen molar-refractivity contribution in [2.75, 3.05) is 13.7 Å². The van der Waals surface area contributed by atoms with Crippen LogP contribution in [0.1, 0.15) is 24.0 Å². The third kappa shape index (κ3) is 3.92. The molecule has 0 aromatic heterocycles. The molecular weight excluding hydrogens is 248 g/mol. The zero-order valence-corrected chi connectivity index (χ0v) is 12.0. The predicted octanol–water partition coefficient (Wildman–Crippen LogP) is 3.54. The Kier molecular flexibility index (Phi) is 5.33. The van der Waals surface area contributed by atoms with Crippen LogP contribution in [0.3, 0.4) is 0 Å². The standard InChI is InChI=1S/C18H22O2/c1-20-15-18(19,17-12-6-3-7-13-17)14-8-11-16-9-4-2-5-10-16/h2-7,9-10,12-13,19H,8,11,14-15H2,1H3. The van der Waals surface area contributed by atoms with Gasteiger partial charge < -0.3 is 9.84 Å². The normalized spacial score (nSPS) is 13.9. The molecule has 2 rings (SSSR count). The van der Waals surface area contributed by atoms with Crippen LogP contribution in [0.5, 0.6) is 0 Å². The summed E-state index contributed by atoms with van der Waals surface area (Å²) in [5, 5.41) is 10.8. The molecule has 0 radical (unpaired) electrons. The number of aliphatic hydroxyl groups is 1. The fourth-order valence-electron chi connectivity index (χ4n) is 2.52. The highest BCUT2D eigenvalue weighted by Gasteiger charge is 2.28. The number of methoxy groups -OCH3 is 1. The van der Waals surface area contributed by atoms with Crippen molar-refractivity contribution >= 4 is 0 Å². The van der Waals surface area contributed by atoms with E-state index in [1.54, 1.807) is 7.11 Å². The molecule has 2 aromatic carbocycles. The van der Waals surface area contributed by atoms with Gasteiger partial charge in [0.2, 0.25) is 0 Å². The molecule has 2 nitrogen and oxygen atoms in total. The molecule has 0 saturated carbocycles. The smallest absolute Gasteiger partial charge is 0.113 e. The molecule has 1 N–H and O–H groups in total. The van der Waals surface area contributed by atoms with E-state index in [1.807, 2.05) is 48.5 Å². The highest BCUT2D eigenvalue weighted by Crippen LogP contribution is 2.27. The highest BCUT2D eigenvalue weighted by molar-refractivity contribution is 5.22. The summed E-state index contributed by atoms with van der Waals surface area (Å²) >= 11 is 0. The van der Waals surface area contributed by atoms with Gasteiger partial charge in [0.15, 0.2) is 0 Å². The number of ether oxygens (including phenoxy) is 1. The number of hydrogen-bond donors (Lipinski definition) is 1. The number of hydrogen-bond acceptors (Lipinski definition) is 2. The first-order valence-electron chi connectivity index (χ1n) is 7.05. The monoisotopic (exact) mass is 270 g/mol. The van der Waals surface area contributed by atoms with Crippen LogP contribution in [-0.4, -0.2) is 18.8 Å². The molecule has 0 saturated heterocycles. The Morgan fingerprint density at radius 1 is 0.950 bits per heavy atom. The van der Waals surface area contributed by atoms with Gasteiger partial charge in [-0.05, 0) is 30.4 Å². The molecule has 2 aromatic rings. The number of rotatable bonds is 7. The van der Waals surface area contributed by atoms with Crippen LogP contribution in [0.4, 0.5) is 0 Å². The van der Waals surface area contributed by atoms with Crippen molar-refractivity contribution in [1.29, 1.82) is 0 Å². The minimum Gasteiger partial charge on any atom is -0.383 e. The van der Waals surface area contributed by atoms with Crippen molar-refractivity contribution in [2.24, 2.45) is 0 Å². The van der Waals surface area contributed by atoms with Crippen LogP contribution in [0, 0.1) is 0 Å². The molecule has 1 unspecified atom stereocenters. The summed E-state index contributed by atoms with van der Waals surface area (Å²) < 4.78 is 5.21. The second-order valence-corrected chi connectivity index (χ2v) is 5.17. The topological polar surface area (TPSA) is 29.5 Å². The van der Waals surface area contributed by atoms with Crippen molar-refractivity contribution in [2.45, 2.75) is 24.9 Å². The Morgan fingerprint density at radius 3 is 2.15 bits per heavy atom. The Balaban J connectivity index is 1.99. The van der Waals surface area contributed by atoms with Crippen LogP contribution in [0.25, 0.3) is 0 Å². The Hall–Kier alpha value is -1.64. The Bertz CT molecular complexity index is 495. The fourth-order valence-corrected chi connectivity index (χ4v) is 2.52. The van der Waals surface area contributed by atoms with E-state index in [4.69, 9.17) is 4.74 Å². The fraction of sp³-hybridized carbons (Fsp3) is 0.333. The molecule has 0 aliphatic rings. The van der Waals surface area contributed by atoms with Crippen LogP contribution in [0.15, 0.2) is 60.7 Å². The molecule has 0 fully saturated rings. The summed E-state index contributed by atoms with van der Waals surface area (Å²) in [6, 6.07) is 20.1. The quantitative estimate of drug-likeness (QED) is 0.834. The summed E-state index contributed by atoms with van der Waals surface area (Å²) in [5.41, 5.74) is 1.33. The maximum Gasteiger partial charge on any atom is 0.113 e. The van der Waals surface area contributed by atoms with Gasteiger partial charge in [-0.2, -0.15) is 0 Å². The van der Waals surface area contributed by atoms with E-state index >= 15 is 0 Å². The lowest BCUT2D eigenvalue weighted by atomic mass is 9.88. The van der Waals surface area contributed by atoms with Crippen molar-refractivity contribution in [1.82, 2.24) is 0 Å². The second-order valence-electron chi connectivity index (χ2n) is 5.17. The third-order valence-corrected chi connectivity index (χ3v) is 3.59. The van der Waals surface area contributed by atoms with Crippen molar-refractivity contribution < 1.29 is 9.84 Å². The Labute approximate surface area is 121 Å². The zero-order chi connectivity index (χ0) is 14.3. The van der Waals surface area contributed by atoms with E-state index in [0.717, 1.165) is 18.4 Å². The molecule has 106 valence electrons. The lowest BCUT2D eigenvalue weighted by Crippen LogP contribution is -2.31. The lowest BCUT2D eigenvalue weighted by Gasteiger charge is -2.28. The largest absolute Gasteiger partial charge is 0.383 e. The maximum absolute atomic E-state index is 10.8. The predicted molar refractivity (Wildman–Crippen MR) is 81.6 cm³/mol. The summed E-state index contributed by atoms with van der Waals surface area (Å²) in [5.74, 6) is 0. The zero-order valence-electron chi connectivity index (χ0n) is 12.0. The van der Waals surface area contributed by atoms with E-state index in [9.17, 15) is 5.11 Å². The third-order valence-electron chi connectivity index (χ3n) is 3.59. The van der Waals surface area contributed by atoms with Gasteiger partial charge in [0, 0.05) is 7.11 Å². The summed E-state index contributed by atoms with van der Waals surface area (Å²) in [6.45, 7) is 0.325. The maximum atomic E-state index is 10.8. The first kappa shape index (κ1) is 14.8. The minimum atomic E-state index is -0.898. The SMILES string of the molecule is COCC(O)(CCCc1ccccc1)c1ccccc1. The van der Waals surface area contributed by atoms with Gasteiger partial charge in [0.1, 0.15) is 5.60 Å². The van der Waals surface area contributed by atoms with Gasteiger partial charge in [0.25, 0.3) is 0 Å². The van der Waals surface area contributed by atoms with Gasteiger partial charge in [0.05, 0.1) is 6.61 Å². The molecule has 0 aliphatic heterocycles. The number of benzene rings is 2. The molecule has 0 spiro atoms. The van der Waals surface area contributed by atoms with E-state index in [-0.39, 0.29) is 0 Å². The van der Waals surface area contributed by atoms with Crippen molar-refractivity contribution in [3.05, 3.63) is 71.8 Å². The molecule has 0 aliphatic carbocycles. The lowest BCUT2D eigenvalue weighted by molar-refractivity contribution is -0.0433. The van der Waals surface area contributed by atoms with Crippen LogP contribution >= 0.6 is 0 Å². The van der Waals surface area contributed by atoms with Gasteiger partial charge >= 0.3 is 0 Å². The molecule has 0 amide bonds. The average Bonchev–Trinajstić information content (AvgIpc) is 2.49. The van der Waals surface area contributed by atoms with E-state index in [1.165, 1.54) is 5.56 Å². The highest BCUT2D eigenvalue weighted by atomic mass is 16.5. The van der Waals surface area contributed by atoms with Gasteiger partial charge in [-0.3, -0.25) is 0 Å². The van der Waals surface area contributed by atoms with Crippen LogP contribution in [0.2, 0.25) is 0 Å². The van der Waals surface area contributed by atoms with Crippen molar-refractivity contribution in [3.63, 3.8) is 0 Å². The first-order valence-corrected chi connectivity index (χ1v) is 7.05. The summed E-state index contributed by atoms with van der Waals surface area (Å²) in [4.78, 5) is 0. The van der Waals surface area contributed by atoms with E-state index in [2.05, 4.69) is 12.1 Å². The molecular formula is C18H22O2. The van der Waals surface area contributed by atoms with Gasteiger partial charge in [-0.15, -0.1) is 0 Å². The van der Waals surface area contributed by atoms with E-state index in [0.29, 0.717) is 13.0 Å².